The number of piperidine rings is 1. The molecule has 2 aromatic rings. The highest BCUT2D eigenvalue weighted by Gasteiger charge is 2.53. The third kappa shape index (κ3) is 4.19. The van der Waals surface area contributed by atoms with Crippen LogP contribution in [-0.2, 0) is 9.59 Å². The minimum absolute atomic E-state index is 0.117. The zero-order valence-electron chi connectivity index (χ0n) is 16.8. The van der Waals surface area contributed by atoms with Crippen molar-refractivity contribution in [2.24, 2.45) is 5.41 Å². The smallest absolute Gasteiger partial charge is 0.237 e. The zero-order chi connectivity index (χ0) is 21.0. The van der Waals surface area contributed by atoms with E-state index in [0.717, 1.165) is 0 Å². The van der Waals surface area contributed by atoms with Gasteiger partial charge in [0.15, 0.2) is 17.3 Å². The lowest BCUT2D eigenvalue weighted by Gasteiger charge is -2.41. The third-order valence-corrected chi connectivity index (χ3v) is 5.52. The Kier molecular flexibility index (Phi) is 6.06. The van der Waals surface area contributed by atoms with E-state index < -0.39 is 11.3 Å². The highest BCUT2D eigenvalue weighted by Crippen LogP contribution is 2.38. The maximum absolute atomic E-state index is 13.4. The Bertz CT molecular complexity index is 865. The van der Waals surface area contributed by atoms with Gasteiger partial charge in [0.25, 0.3) is 0 Å². The molecule has 0 aromatic heterocycles. The molecule has 5 nitrogen and oxygen atoms in total. The van der Waals surface area contributed by atoms with Gasteiger partial charge in [-0.2, -0.15) is 0 Å². The van der Waals surface area contributed by atoms with E-state index in [1.807, 2.05) is 13.8 Å². The fourth-order valence-corrected chi connectivity index (χ4v) is 3.86. The van der Waals surface area contributed by atoms with E-state index in [1.54, 1.807) is 65.6 Å². The van der Waals surface area contributed by atoms with Crippen LogP contribution in [0.2, 0.25) is 0 Å². The maximum atomic E-state index is 13.4. The molecule has 3 rings (SSSR count). The van der Waals surface area contributed by atoms with Crippen LogP contribution in [0.25, 0.3) is 0 Å². The normalized spacial score (nSPS) is 16.2. The van der Waals surface area contributed by atoms with Crippen LogP contribution in [0.5, 0.6) is 0 Å². The summed E-state index contributed by atoms with van der Waals surface area (Å²) in [4.78, 5) is 54.1. The van der Waals surface area contributed by atoms with Gasteiger partial charge in [-0.15, -0.1) is 0 Å². The molecule has 29 heavy (non-hydrogen) atoms. The van der Waals surface area contributed by atoms with Crippen LogP contribution in [0.4, 0.5) is 0 Å². The first-order chi connectivity index (χ1) is 13.8. The molecule has 0 spiro atoms. The van der Waals surface area contributed by atoms with Crippen molar-refractivity contribution in [1.82, 2.24) is 4.90 Å². The molecule has 150 valence electrons. The van der Waals surface area contributed by atoms with Crippen LogP contribution < -0.4 is 0 Å². The number of carbonyl (C=O) groups excluding carboxylic acids is 4. The molecule has 1 amide bonds. The third-order valence-electron chi connectivity index (χ3n) is 5.52. The molecule has 0 aliphatic carbocycles. The minimum Gasteiger partial charge on any atom is -0.339 e. The van der Waals surface area contributed by atoms with Crippen molar-refractivity contribution < 1.29 is 19.2 Å². The highest BCUT2D eigenvalue weighted by atomic mass is 16.2. The summed E-state index contributed by atoms with van der Waals surface area (Å²) in [5.41, 5.74) is -0.787. The van der Waals surface area contributed by atoms with Gasteiger partial charge in [0.1, 0.15) is 5.41 Å². The van der Waals surface area contributed by atoms with Crippen molar-refractivity contribution in [3.63, 3.8) is 0 Å². The zero-order valence-corrected chi connectivity index (χ0v) is 16.8. The second-order valence-electron chi connectivity index (χ2n) is 7.78. The number of hydrogen-bond acceptors (Lipinski definition) is 4. The van der Waals surface area contributed by atoms with E-state index in [1.165, 1.54) is 0 Å². The van der Waals surface area contributed by atoms with Crippen molar-refractivity contribution in [3.8, 4) is 0 Å². The first-order valence-electron chi connectivity index (χ1n) is 9.86. The molecule has 1 heterocycles. The van der Waals surface area contributed by atoms with Gasteiger partial charge in [0.2, 0.25) is 5.91 Å². The van der Waals surface area contributed by atoms with Crippen molar-refractivity contribution in [3.05, 3.63) is 71.8 Å². The molecule has 2 aromatic carbocycles. The van der Waals surface area contributed by atoms with Crippen LogP contribution >= 0.6 is 0 Å². The number of ketones is 3. The van der Waals surface area contributed by atoms with Crippen LogP contribution in [0.3, 0.4) is 0 Å². The molecule has 1 aliphatic heterocycles. The summed E-state index contributed by atoms with van der Waals surface area (Å²) < 4.78 is 0. The number of benzene rings is 2. The van der Waals surface area contributed by atoms with Crippen LogP contribution in [0.15, 0.2) is 60.7 Å². The minimum atomic E-state index is -1.65. The van der Waals surface area contributed by atoms with Crippen LogP contribution in [0.1, 0.15) is 53.8 Å². The summed E-state index contributed by atoms with van der Waals surface area (Å²) in [6.45, 7) is 4.06. The number of nitrogens with zero attached hydrogens (tertiary/aromatic N) is 1. The first-order valence-corrected chi connectivity index (χ1v) is 9.86. The molecule has 0 radical (unpaired) electrons. The second kappa shape index (κ2) is 8.52. The van der Waals surface area contributed by atoms with E-state index >= 15 is 0 Å². The van der Waals surface area contributed by atoms with Gasteiger partial charge in [-0.3, -0.25) is 19.2 Å². The van der Waals surface area contributed by atoms with Gasteiger partial charge in [0.05, 0.1) is 0 Å². The Morgan fingerprint density at radius 3 is 1.72 bits per heavy atom. The first kappa shape index (κ1) is 20.6. The molecule has 5 heteroatoms. The number of likely N-dealkylation sites (tertiary alicyclic amines) is 1. The number of carbonyl (C=O) groups is 4. The summed E-state index contributed by atoms with van der Waals surface area (Å²) in [6, 6.07) is 17.1. The molecule has 0 bridgehead atoms. The maximum Gasteiger partial charge on any atom is 0.237 e. The largest absolute Gasteiger partial charge is 0.339 e. The van der Waals surface area contributed by atoms with Crippen molar-refractivity contribution >= 4 is 23.3 Å². The fourth-order valence-electron chi connectivity index (χ4n) is 3.86. The van der Waals surface area contributed by atoms with Gasteiger partial charge in [-0.05, 0) is 13.8 Å². The summed E-state index contributed by atoms with van der Waals surface area (Å²) in [7, 11) is 0. The summed E-state index contributed by atoms with van der Waals surface area (Å²) in [5, 5.41) is 0. The number of amides is 1. The molecular formula is C24H25NO4. The summed E-state index contributed by atoms with van der Waals surface area (Å²) in [6.07, 6.45) is -0.443. The van der Waals surface area contributed by atoms with E-state index in [-0.39, 0.29) is 42.7 Å². The monoisotopic (exact) mass is 391 g/mol. The number of hydrogen-bond donors (Lipinski definition) is 0. The molecule has 0 unspecified atom stereocenters. The average molecular weight is 391 g/mol. The van der Waals surface area contributed by atoms with E-state index in [2.05, 4.69) is 0 Å². The number of rotatable bonds is 7. The topological polar surface area (TPSA) is 71.5 Å². The Labute approximate surface area is 170 Å². The fraction of sp³-hybridized carbons (Fsp3) is 0.333. The van der Waals surface area contributed by atoms with E-state index in [9.17, 15) is 19.2 Å². The Balaban J connectivity index is 2.00. The van der Waals surface area contributed by atoms with Crippen LogP contribution in [0, 0.1) is 5.41 Å². The van der Waals surface area contributed by atoms with Crippen molar-refractivity contribution in [2.45, 2.75) is 39.2 Å². The predicted molar refractivity (Wildman–Crippen MR) is 110 cm³/mol. The molecule has 0 saturated carbocycles. The molecule has 1 saturated heterocycles. The second-order valence-corrected chi connectivity index (χ2v) is 7.78. The lowest BCUT2D eigenvalue weighted by Crippen LogP contribution is -2.57. The average Bonchev–Trinajstić information content (AvgIpc) is 2.73. The van der Waals surface area contributed by atoms with Gasteiger partial charge in [-0.25, -0.2) is 0 Å². The summed E-state index contributed by atoms with van der Waals surface area (Å²) >= 11 is 0. The summed E-state index contributed by atoms with van der Waals surface area (Å²) in [5.74, 6) is -1.36. The Hall–Kier alpha value is -3.08. The van der Waals surface area contributed by atoms with Crippen molar-refractivity contribution in [1.29, 1.82) is 0 Å². The molecule has 1 aliphatic rings. The molecular weight excluding hydrogens is 366 g/mol. The lowest BCUT2D eigenvalue weighted by molar-refractivity contribution is -0.156. The van der Waals surface area contributed by atoms with E-state index in [0.29, 0.717) is 17.7 Å². The van der Waals surface area contributed by atoms with Crippen molar-refractivity contribution in [2.75, 3.05) is 6.54 Å². The van der Waals surface area contributed by atoms with Gasteiger partial charge < -0.3 is 4.90 Å². The van der Waals surface area contributed by atoms with Gasteiger partial charge in [-0.1, -0.05) is 60.7 Å². The quantitative estimate of drug-likeness (QED) is 0.533. The van der Waals surface area contributed by atoms with Crippen LogP contribution in [-0.4, -0.2) is 40.7 Å². The van der Waals surface area contributed by atoms with Gasteiger partial charge >= 0.3 is 0 Å². The Morgan fingerprint density at radius 2 is 1.31 bits per heavy atom. The van der Waals surface area contributed by atoms with E-state index in [4.69, 9.17) is 0 Å². The molecule has 0 N–H and O–H groups in total. The molecule has 0 atom stereocenters. The SMILES string of the molecule is CC(C)N1CCC(=O)C(CC(=O)c2ccccc2)(CC(=O)c2ccccc2)C1=O. The molecule has 1 fully saturated rings. The predicted octanol–water partition coefficient (Wildman–Crippen LogP) is 3.73. The number of Topliss-reactive ketones (excluding diaryl/α,β-unsaturated/α-hetero) is 3. The Morgan fingerprint density at radius 1 is 0.862 bits per heavy atom. The standard InChI is InChI=1S/C24H25NO4/c1-17(2)25-14-13-22(28)24(23(25)29,15-20(26)18-9-5-3-6-10-18)16-21(27)19-11-7-4-8-12-19/h3-12,17H,13-16H2,1-2H3. The highest BCUT2D eigenvalue weighted by molar-refractivity contribution is 6.16. The lowest BCUT2D eigenvalue weighted by atomic mass is 9.69. The van der Waals surface area contributed by atoms with Gasteiger partial charge in [0, 0.05) is 43.0 Å².